The maximum atomic E-state index is 12.3. The van der Waals surface area contributed by atoms with E-state index < -0.39 is 0 Å². The highest BCUT2D eigenvalue weighted by molar-refractivity contribution is 6.30. The molecule has 0 radical (unpaired) electrons. The summed E-state index contributed by atoms with van der Waals surface area (Å²) in [4.78, 5) is 13.3. The molecule has 0 aliphatic heterocycles. The minimum atomic E-state index is -0.0205. The van der Waals surface area contributed by atoms with Gasteiger partial charge >= 0.3 is 0 Å². The summed E-state index contributed by atoms with van der Waals surface area (Å²) in [6, 6.07) is 19.1. The average Bonchev–Trinajstić information content (AvgIpc) is 3.15. The number of hydrogen-bond acceptors (Lipinski definition) is 3. The third-order valence-electron chi connectivity index (χ3n) is 4.40. The molecule has 0 spiro atoms. The lowest BCUT2D eigenvalue weighted by Gasteiger charge is -2.13. The third kappa shape index (κ3) is 5.38. The van der Waals surface area contributed by atoms with E-state index in [2.05, 4.69) is 5.32 Å². The number of ether oxygens (including phenoxy) is 1. The van der Waals surface area contributed by atoms with Gasteiger partial charge in [-0.05, 0) is 42.5 Å². The molecule has 6 heteroatoms. The number of nitrogens with one attached hydrogen (secondary N) is 2. The van der Waals surface area contributed by atoms with E-state index in [1.807, 2.05) is 67.7 Å². The molecule has 2 aromatic carbocycles. The standard InChI is InChI=1S/C22H23ClN2O3/c1-25(15-22(26)24-13-17-5-3-4-6-20(17)27-2)14-19-11-12-21(28-19)16-7-9-18(23)10-8-16/h3-12H,13-15H2,1-2H3,(H,24,26)/p+1. The Bertz CT molecular complexity index is 922. The van der Waals surface area contributed by atoms with Crippen LogP contribution < -0.4 is 15.0 Å². The fourth-order valence-electron chi connectivity index (χ4n) is 2.98. The lowest BCUT2D eigenvalue weighted by atomic mass is 10.2. The number of likely N-dealkylation sites (N-methyl/N-ethyl adjacent to an activating group) is 1. The summed E-state index contributed by atoms with van der Waals surface area (Å²) in [7, 11) is 3.59. The second-order valence-corrected chi connectivity index (χ2v) is 7.11. The largest absolute Gasteiger partial charge is 0.496 e. The highest BCUT2D eigenvalue weighted by atomic mass is 35.5. The molecule has 1 unspecified atom stereocenters. The number of amides is 1. The number of carbonyl (C=O) groups is 1. The minimum absolute atomic E-state index is 0.0205. The second-order valence-electron chi connectivity index (χ2n) is 6.67. The van der Waals surface area contributed by atoms with Crippen molar-refractivity contribution in [2.75, 3.05) is 20.7 Å². The zero-order valence-corrected chi connectivity index (χ0v) is 16.8. The highest BCUT2D eigenvalue weighted by Crippen LogP contribution is 2.23. The molecule has 3 rings (SSSR count). The van der Waals surface area contributed by atoms with Crippen LogP contribution in [0.4, 0.5) is 0 Å². The molecule has 1 aromatic heterocycles. The van der Waals surface area contributed by atoms with Gasteiger partial charge in [0, 0.05) is 22.7 Å². The van der Waals surface area contributed by atoms with Gasteiger partial charge in [-0.3, -0.25) is 4.79 Å². The van der Waals surface area contributed by atoms with Crippen molar-refractivity contribution in [1.29, 1.82) is 0 Å². The first-order valence-corrected chi connectivity index (χ1v) is 9.47. The lowest BCUT2D eigenvalue weighted by molar-refractivity contribution is -0.886. The highest BCUT2D eigenvalue weighted by Gasteiger charge is 2.14. The molecule has 146 valence electrons. The fraction of sp³-hybridized carbons (Fsp3) is 0.227. The summed E-state index contributed by atoms with van der Waals surface area (Å²) in [5.74, 6) is 2.38. The number of methoxy groups -OCH3 is 1. The van der Waals surface area contributed by atoms with Crippen LogP contribution in [0.25, 0.3) is 11.3 Å². The van der Waals surface area contributed by atoms with Gasteiger partial charge < -0.3 is 19.4 Å². The van der Waals surface area contributed by atoms with Crippen molar-refractivity contribution in [2.24, 2.45) is 0 Å². The topological polar surface area (TPSA) is 55.9 Å². The van der Waals surface area contributed by atoms with Crippen LogP contribution in [0.3, 0.4) is 0 Å². The van der Waals surface area contributed by atoms with E-state index in [-0.39, 0.29) is 5.91 Å². The Morgan fingerprint density at radius 1 is 1.11 bits per heavy atom. The normalized spacial score (nSPS) is 11.8. The number of hydrogen-bond donors (Lipinski definition) is 2. The minimum Gasteiger partial charge on any atom is -0.496 e. The van der Waals surface area contributed by atoms with Gasteiger partial charge in [-0.2, -0.15) is 0 Å². The Labute approximate surface area is 169 Å². The zero-order chi connectivity index (χ0) is 19.9. The van der Waals surface area contributed by atoms with E-state index >= 15 is 0 Å². The van der Waals surface area contributed by atoms with Gasteiger partial charge in [0.15, 0.2) is 12.3 Å². The van der Waals surface area contributed by atoms with Crippen molar-refractivity contribution in [2.45, 2.75) is 13.1 Å². The van der Waals surface area contributed by atoms with E-state index in [0.29, 0.717) is 24.7 Å². The monoisotopic (exact) mass is 399 g/mol. The molecule has 2 N–H and O–H groups in total. The van der Waals surface area contributed by atoms with Crippen LogP contribution >= 0.6 is 11.6 Å². The molecule has 1 atom stereocenters. The van der Waals surface area contributed by atoms with Crippen LogP contribution in [-0.4, -0.2) is 26.6 Å². The number of halogens is 1. The van der Waals surface area contributed by atoms with Crippen molar-refractivity contribution in [1.82, 2.24) is 5.32 Å². The zero-order valence-electron chi connectivity index (χ0n) is 16.0. The van der Waals surface area contributed by atoms with Crippen LogP contribution in [0.5, 0.6) is 5.75 Å². The molecule has 1 heterocycles. The summed E-state index contributed by atoms with van der Waals surface area (Å²) in [6.07, 6.45) is 0. The van der Waals surface area contributed by atoms with Crippen LogP contribution in [0.2, 0.25) is 5.02 Å². The molecule has 0 bridgehead atoms. The number of quaternary nitrogens is 1. The number of carbonyl (C=O) groups excluding carboxylic acids is 1. The molecule has 0 aliphatic rings. The maximum absolute atomic E-state index is 12.3. The molecule has 3 aromatic rings. The van der Waals surface area contributed by atoms with Crippen molar-refractivity contribution in [3.05, 3.63) is 77.0 Å². The fourth-order valence-corrected chi connectivity index (χ4v) is 3.11. The summed E-state index contributed by atoms with van der Waals surface area (Å²) in [5, 5.41) is 3.64. The van der Waals surface area contributed by atoms with E-state index in [1.54, 1.807) is 7.11 Å². The first-order chi connectivity index (χ1) is 13.5. The molecule has 0 aliphatic carbocycles. The summed E-state index contributed by atoms with van der Waals surface area (Å²) < 4.78 is 11.2. The summed E-state index contributed by atoms with van der Waals surface area (Å²) in [6.45, 7) is 1.42. The van der Waals surface area contributed by atoms with Gasteiger partial charge in [0.25, 0.3) is 5.91 Å². The second kappa shape index (κ2) is 9.44. The van der Waals surface area contributed by atoms with E-state index in [1.165, 1.54) is 0 Å². The van der Waals surface area contributed by atoms with Gasteiger partial charge in [-0.15, -0.1) is 0 Å². The molecule has 0 saturated carbocycles. The van der Waals surface area contributed by atoms with Crippen molar-refractivity contribution < 1.29 is 18.8 Å². The summed E-state index contributed by atoms with van der Waals surface area (Å²) >= 11 is 5.92. The van der Waals surface area contributed by atoms with Crippen molar-refractivity contribution >= 4 is 17.5 Å². The van der Waals surface area contributed by atoms with E-state index in [9.17, 15) is 4.79 Å². The first kappa shape index (κ1) is 20.0. The van der Waals surface area contributed by atoms with Crippen molar-refractivity contribution in [3.63, 3.8) is 0 Å². The Morgan fingerprint density at radius 2 is 1.86 bits per heavy atom. The average molecular weight is 400 g/mol. The maximum Gasteiger partial charge on any atom is 0.275 e. The van der Waals surface area contributed by atoms with Gasteiger partial charge in [0.1, 0.15) is 18.1 Å². The van der Waals surface area contributed by atoms with Crippen LogP contribution in [0.15, 0.2) is 65.1 Å². The molecule has 0 fully saturated rings. The van der Waals surface area contributed by atoms with Gasteiger partial charge in [0.05, 0.1) is 14.2 Å². The predicted molar refractivity (Wildman–Crippen MR) is 109 cm³/mol. The molecule has 28 heavy (non-hydrogen) atoms. The summed E-state index contributed by atoms with van der Waals surface area (Å²) in [5.41, 5.74) is 1.93. The first-order valence-electron chi connectivity index (χ1n) is 9.09. The Kier molecular flexibility index (Phi) is 6.74. The molecular formula is C22H24ClN2O3+. The quantitative estimate of drug-likeness (QED) is 0.612. The predicted octanol–water partition coefficient (Wildman–Crippen LogP) is 2.94. The Hall–Kier alpha value is -2.76. The van der Waals surface area contributed by atoms with Crippen LogP contribution in [-0.2, 0) is 17.9 Å². The SMILES string of the molecule is COc1ccccc1CNC(=O)C[NH+](C)Cc1ccc(-c2ccc(Cl)cc2)o1. The molecular weight excluding hydrogens is 376 g/mol. The molecule has 0 saturated heterocycles. The van der Waals surface area contributed by atoms with Gasteiger partial charge in [-0.1, -0.05) is 29.8 Å². The van der Waals surface area contributed by atoms with Gasteiger partial charge in [-0.25, -0.2) is 0 Å². The lowest BCUT2D eigenvalue weighted by Crippen LogP contribution is -3.08. The Morgan fingerprint density at radius 3 is 2.61 bits per heavy atom. The number of para-hydroxylation sites is 1. The van der Waals surface area contributed by atoms with Gasteiger partial charge in [0.2, 0.25) is 0 Å². The van der Waals surface area contributed by atoms with E-state index in [4.69, 9.17) is 20.8 Å². The number of furan rings is 1. The Balaban J connectivity index is 1.50. The van der Waals surface area contributed by atoms with E-state index in [0.717, 1.165) is 33.3 Å². The molecule has 5 nitrogen and oxygen atoms in total. The number of rotatable bonds is 8. The van der Waals surface area contributed by atoms with Crippen LogP contribution in [0, 0.1) is 0 Å². The third-order valence-corrected chi connectivity index (χ3v) is 4.65. The van der Waals surface area contributed by atoms with Crippen LogP contribution in [0.1, 0.15) is 11.3 Å². The molecule has 1 amide bonds. The van der Waals surface area contributed by atoms with Crippen molar-refractivity contribution in [3.8, 4) is 17.1 Å². The number of benzene rings is 2. The smallest absolute Gasteiger partial charge is 0.275 e.